The highest BCUT2D eigenvalue weighted by molar-refractivity contribution is 5.79. The van der Waals surface area contributed by atoms with E-state index in [1.165, 1.54) is 0 Å². The molecule has 5 nitrogen and oxygen atoms in total. The van der Waals surface area contributed by atoms with Crippen molar-refractivity contribution in [2.75, 3.05) is 20.3 Å². The summed E-state index contributed by atoms with van der Waals surface area (Å²) in [6.45, 7) is 2.73. The van der Waals surface area contributed by atoms with E-state index in [1.54, 1.807) is 7.11 Å². The van der Waals surface area contributed by atoms with E-state index in [0.717, 1.165) is 12.8 Å². The van der Waals surface area contributed by atoms with Crippen molar-refractivity contribution in [2.24, 2.45) is 11.3 Å². The molecule has 2 N–H and O–H groups in total. The largest absolute Gasteiger partial charge is 0.481 e. The summed E-state index contributed by atoms with van der Waals surface area (Å²) in [5, 5.41) is 12.0. The molecule has 0 aromatic carbocycles. The molecular formula is C13H23NO4. The average Bonchev–Trinajstić information content (AvgIpc) is 2.76. The quantitative estimate of drug-likeness (QED) is 0.723. The first-order valence-corrected chi connectivity index (χ1v) is 6.49. The SMILES string of the molecule is COCC(C)CC(=O)NCC1(C(=O)O)CCCC1. The molecule has 0 bridgehead atoms. The predicted octanol–water partition coefficient (Wildman–Crippen LogP) is 1.42. The Balaban J connectivity index is 2.39. The van der Waals surface area contributed by atoms with E-state index in [4.69, 9.17) is 4.74 Å². The summed E-state index contributed by atoms with van der Waals surface area (Å²) in [5.74, 6) is -0.725. The van der Waals surface area contributed by atoms with Gasteiger partial charge in [0.2, 0.25) is 5.91 Å². The zero-order chi connectivity index (χ0) is 13.6. The highest BCUT2D eigenvalue weighted by Gasteiger charge is 2.41. The molecule has 0 aliphatic heterocycles. The van der Waals surface area contributed by atoms with Gasteiger partial charge in [-0.05, 0) is 18.8 Å². The highest BCUT2D eigenvalue weighted by atomic mass is 16.5. The van der Waals surface area contributed by atoms with E-state index in [0.29, 0.717) is 25.9 Å². The van der Waals surface area contributed by atoms with Crippen molar-refractivity contribution in [3.8, 4) is 0 Å². The Labute approximate surface area is 108 Å². The molecule has 1 atom stereocenters. The molecule has 0 aromatic rings. The maximum Gasteiger partial charge on any atom is 0.311 e. The minimum absolute atomic E-state index is 0.0907. The second-order valence-electron chi connectivity index (χ2n) is 5.33. The fourth-order valence-electron chi connectivity index (χ4n) is 2.52. The van der Waals surface area contributed by atoms with Gasteiger partial charge in [-0.15, -0.1) is 0 Å². The molecule has 0 aromatic heterocycles. The first-order valence-electron chi connectivity index (χ1n) is 6.49. The third-order valence-corrected chi connectivity index (χ3v) is 3.62. The number of rotatable bonds is 7. The van der Waals surface area contributed by atoms with Crippen LogP contribution in [0.2, 0.25) is 0 Å². The summed E-state index contributed by atoms with van der Waals surface area (Å²) in [6.07, 6.45) is 3.57. The third kappa shape index (κ3) is 3.98. The van der Waals surface area contributed by atoms with Crippen LogP contribution < -0.4 is 5.32 Å². The van der Waals surface area contributed by atoms with Gasteiger partial charge in [-0.25, -0.2) is 0 Å². The summed E-state index contributed by atoms with van der Waals surface area (Å²) < 4.78 is 4.97. The molecule has 0 heterocycles. The molecule has 0 saturated heterocycles. The number of carbonyl (C=O) groups is 2. The van der Waals surface area contributed by atoms with Crippen molar-refractivity contribution in [3.05, 3.63) is 0 Å². The Morgan fingerprint density at radius 2 is 2.00 bits per heavy atom. The summed E-state index contributed by atoms with van der Waals surface area (Å²) in [4.78, 5) is 23.0. The summed E-state index contributed by atoms with van der Waals surface area (Å²) in [5.41, 5.74) is -0.736. The molecular weight excluding hydrogens is 234 g/mol. The van der Waals surface area contributed by atoms with Gasteiger partial charge in [-0.2, -0.15) is 0 Å². The summed E-state index contributed by atoms with van der Waals surface area (Å²) in [6, 6.07) is 0. The Kier molecular flexibility index (Phi) is 5.59. The molecule has 1 amide bonds. The van der Waals surface area contributed by atoms with Gasteiger partial charge in [0, 0.05) is 26.7 Å². The monoisotopic (exact) mass is 257 g/mol. The minimum atomic E-state index is -0.787. The maximum absolute atomic E-state index is 11.7. The minimum Gasteiger partial charge on any atom is -0.481 e. The molecule has 0 radical (unpaired) electrons. The number of methoxy groups -OCH3 is 1. The standard InChI is InChI=1S/C13H23NO4/c1-10(8-18-2)7-11(15)14-9-13(12(16)17)5-3-4-6-13/h10H,3-9H2,1-2H3,(H,14,15)(H,16,17). The van der Waals surface area contributed by atoms with Crippen molar-refractivity contribution in [3.63, 3.8) is 0 Å². The van der Waals surface area contributed by atoms with Gasteiger partial charge in [0.25, 0.3) is 0 Å². The van der Waals surface area contributed by atoms with Gasteiger partial charge in [-0.1, -0.05) is 19.8 Å². The van der Waals surface area contributed by atoms with Crippen molar-refractivity contribution in [1.29, 1.82) is 0 Å². The smallest absolute Gasteiger partial charge is 0.311 e. The van der Waals surface area contributed by atoms with E-state index in [9.17, 15) is 14.7 Å². The third-order valence-electron chi connectivity index (χ3n) is 3.62. The molecule has 5 heteroatoms. The number of hydrogen-bond acceptors (Lipinski definition) is 3. The molecule has 1 rings (SSSR count). The van der Waals surface area contributed by atoms with E-state index >= 15 is 0 Å². The zero-order valence-electron chi connectivity index (χ0n) is 11.2. The van der Waals surface area contributed by atoms with E-state index in [1.807, 2.05) is 6.92 Å². The number of aliphatic carboxylic acids is 1. The Hall–Kier alpha value is -1.10. The lowest BCUT2D eigenvalue weighted by Crippen LogP contribution is -2.41. The van der Waals surface area contributed by atoms with Crippen LogP contribution in [0.3, 0.4) is 0 Å². The van der Waals surface area contributed by atoms with Gasteiger partial charge >= 0.3 is 5.97 Å². The van der Waals surface area contributed by atoms with Crippen molar-refractivity contribution >= 4 is 11.9 Å². The highest BCUT2D eigenvalue weighted by Crippen LogP contribution is 2.37. The number of carboxylic acids is 1. The Bertz CT molecular complexity index is 297. The van der Waals surface area contributed by atoms with Crippen LogP contribution in [-0.4, -0.2) is 37.2 Å². The Morgan fingerprint density at radius 3 is 2.50 bits per heavy atom. The van der Waals surface area contributed by atoms with Crippen LogP contribution in [0, 0.1) is 11.3 Å². The predicted molar refractivity (Wildman–Crippen MR) is 67.2 cm³/mol. The van der Waals surface area contributed by atoms with E-state index in [-0.39, 0.29) is 18.4 Å². The first-order chi connectivity index (χ1) is 8.50. The number of ether oxygens (including phenoxy) is 1. The fourth-order valence-corrected chi connectivity index (χ4v) is 2.52. The van der Waals surface area contributed by atoms with Gasteiger partial charge in [-0.3, -0.25) is 9.59 Å². The van der Waals surface area contributed by atoms with Crippen molar-refractivity contribution < 1.29 is 19.4 Å². The Morgan fingerprint density at radius 1 is 1.39 bits per heavy atom. The van der Waals surface area contributed by atoms with Crippen LogP contribution in [0.5, 0.6) is 0 Å². The second-order valence-corrected chi connectivity index (χ2v) is 5.33. The van der Waals surface area contributed by atoms with Crippen molar-refractivity contribution in [1.82, 2.24) is 5.32 Å². The lowest BCUT2D eigenvalue weighted by molar-refractivity contribution is -0.148. The van der Waals surface area contributed by atoms with Crippen LogP contribution in [0.25, 0.3) is 0 Å². The molecule has 18 heavy (non-hydrogen) atoms. The lowest BCUT2D eigenvalue weighted by atomic mass is 9.86. The summed E-state index contributed by atoms with van der Waals surface area (Å²) in [7, 11) is 1.60. The van der Waals surface area contributed by atoms with E-state index < -0.39 is 11.4 Å². The number of carboxylic acid groups (broad SMARTS) is 1. The molecule has 0 spiro atoms. The molecule has 1 aliphatic rings. The van der Waals surface area contributed by atoms with Crippen LogP contribution in [-0.2, 0) is 14.3 Å². The molecule has 104 valence electrons. The van der Waals surface area contributed by atoms with E-state index in [2.05, 4.69) is 5.32 Å². The molecule has 1 unspecified atom stereocenters. The van der Waals surface area contributed by atoms with Crippen LogP contribution >= 0.6 is 0 Å². The number of carbonyl (C=O) groups excluding carboxylic acids is 1. The molecule has 1 saturated carbocycles. The van der Waals surface area contributed by atoms with Gasteiger partial charge in [0.15, 0.2) is 0 Å². The van der Waals surface area contributed by atoms with Crippen LogP contribution in [0.1, 0.15) is 39.0 Å². The topological polar surface area (TPSA) is 75.6 Å². The first kappa shape index (κ1) is 15.0. The van der Waals surface area contributed by atoms with Gasteiger partial charge < -0.3 is 15.2 Å². The normalized spacial score (nSPS) is 19.4. The zero-order valence-corrected chi connectivity index (χ0v) is 11.2. The molecule has 1 aliphatic carbocycles. The maximum atomic E-state index is 11.7. The van der Waals surface area contributed by atoms with Gasteiger partial charge in [0.05, 0.1) is 5.41 Å². The second kappa shape index (κ2) is 6.73. The summed E-state index contributed by atoms with van der Waals surface area (Å²) >= 11 is 0. The number of hydrogen-bond donors (Lipinski definition) is 2. The number of nitrogens with one attached hydrogen (secondary N) is 1. The van der Waals surface area contributed by atoms with Crippen LogP contribution in [0.15, 0.2) is 0 Å². The van der Waals surface area contributed by atoms with Crippen LogP contribution in [0.4, 0.5) is 0 Å². The number of amides is 1. The van der Waals surface area contributed by atoms with Gasteiger partial charge in [0.1, 0.15) is 0 Å². The lowest BCUT2D eigenvalue weighted by Gasteiger charge is -2.24. The van der Waals surface area contributed by atoms with Crippen molar-refractivity contribution in [2.45, 2.75) is 39.0 Å². The fraction of sp³-hybridized carbons (Fsp3) is 0.846. The average molecular weight is 257 g/mol. The molecule has 1 fully saturated rings.